The number of nitrogens with one attached hydrogen (secondary N) is 1. The van der Waals surface area contributed by atoms with Crippen molar-refractivity contribution in [2.45, 2.75) is 39.5 Å². The molecule has 1 rings (SSSR count). The van der Waals surface area contributed by atoms with Gasteiger partial charge >= 0.3 is 0 Å². The van der Waals surface area contributed by atoms with Crippen molar-refractivity contribution >= 4 is 0 Å². The van der Waals surface area contributed by atoms with Crippen LogP contribution in [0.3, 0.4) is 0 Å². The summed E-state index contributed by atoms with van der Waals surface area (Å²) in [6.07, 6.45) is 2.04. The van der Waals surface area contributed by atoms with Gasteiger partial charge in [-0.15, -0.1) is 0 Å². The van der Waals surface area contributed by atoms with Gasteiger partial charge in [0.15, 0.2) is 0 Å². The van der Waals surface area contributed by atoms with Gasteiger partial charge in [0.25, 0.3) is 0 Å². The zero-order valence-corrected chi connectivity index (χ0v) is 11.5. The topological polar surface area (TPSA) is 12.0 Å². The maximum atomic E-state index is 13.3. The van der Waals surface area contributed by atoms with Crippen molar-refractivity contribution in [3.8, 4) is 0 Å². The first-order chi connectivity index (χ1) is 8.62. The van der Waals surface area contributed by atoms with Crippen LogP contribution in [0.1, 0.15) is 45.1 Å². The largest absolute Gasteiger partial charge is 0.316 e. The summed E-state index contributed by atoms with van der Waals surface area (Å²) in [5.74, 6) is -0.356. The van der Waals surface area contributed by atoms with Crippen LogP contribution in [0.5, 0.6) is 0 Å². The van der Waals surface area contributed by atoms with E-state index in [0.29, 0.717) is 5.92 Å². The lowest BCUT2D eigenvalue weighted by Gasteiger charge is -2.26. The third-order valence-corrected chi connectivity index (χ3v) is 3.55. The number of likely N-dealkylation sites (N-methyl/N-ethyl adjacent to an activating group) is 1. The molecule has 0 saturated heterocycles. The molecule has 0 fully saturated rings. The normalized spacial score (nSPS) is 13.0. The first kappa shape index (κ1) is 15.1. The molecule has 1 aromatic carbocycles. The first-order valence-corrected chi connectivity index (χ1v) is 6.79. The Balaban J connectivity index is 2.99. The molecule has 0 spiro atoms. The van der Waals surface area contributed by atoms with Gasteiger partial charge in [-0.05, 0) is 36.1 Å². The van der Waals surface area contributed by atoms with Gasteiger partial charge < -0.3 is 5.32 Å². The lowest BCUT2D eigenvalue weighted by atomic mass is 9.82. The van der Waals surface area contributed by atoms with E-state index in [2.05, 4.69) is 19.2 Å². The highest BCUT2D eigenvalue weighted by Crippen LogP contribution is 2.30. The summed E-state index contributed by atoms with van der Waals surface area (Å²) in [7, 11) is 0. The van der Waals surface area contributed by atoms with Gasteiger partial charge in [0.05, 0.1) is 0 Å². The molecule has 3 heteroatoms. The second-order valence-corrected chi connectivity index (χ2v) is 4.69. The van der Waals surface area contributed by atoms with E-state index < -0.39 is 11.6 Å². The fourth-order valence-electron chi connectivity index (χ4n) is 2.50. The van der Waals surface area contributed by atoms with Crippen LogP contribution in [0, 0.1) is 17.6 Å². The highest BCUT2D eigenvalue weighted by Gasteiger charge is 2.21. The van der Waals surface area contributed by atoms with Gasteiger partial charge in [-0.25, -0.2) is 8.78 Å². The van der Waals surface area contributed by atoms with Crippen molar-refractivity contribution < 1.29 is 8.78 Å². The van der Waals surface area contributed by atoms with E-state index in [4.69, 9.17) is 0 Å². The Kier molecular flexibility index (Phi) is 6.27. The van der Waals surface area contributed by atoms with Crippen LogP contribution < -0.4 is 5.32 Å². The Bertz CT molecular complexity index is 341. The van der Waals surface area contributed by atoms with E-state index in [1.54, 1.807) is 0 Å². The summed E-state index contributed by atoms with van der Waals surface area (Å²) in [6, 6.07) is 3.85. The molecular weight excluding hydrogens is 232 g/mol. The highest BCUT2D eigenvalue weighted by atomic mass is 19.1. The van der Waals surface area contributed by atoms with E-state index in [0.717, 1.165) is 37.6 Å². The molecule has 1 N–H and O–H groups in total. The molecule has 0 bridgehead atoms. The minimum atomic E-state index is -0.488. The molecule has 0 amide bonds. The Labute approximate surface area is 109 Å². The van der Waals surface area contributed by atoms with E-state index in [-0.39, 0.29) is 5.92 Å². The predicted molar refractivity (Wildman–Crippen MR) is 71.7 cm³/mol. The fraction of sp³-hybridized carbons (Fsp3) is 0.600. The molecule has 1 aromatic rings. The molecule has 18 heavy (non-hydrogen) atoms. The summed E-state index contributed by atoms with van der Waals surface area (Å²) in [4.78, 5) is 0. The molecule has 0 aliphatic heterocycles. The van der Waals surface area contributed by atoms with Crippen molar-refractivity contribution in [3.63, 3.8) is 0 Å². The quantitative estimate of drug-likeness (QED) is 0.773. The van der Waals surface area contributed by atoms with Gasteiger partial charge in [0.1, 0.15) is 11.6 Å². The van der Waals surface area contributed by atoms with E-state index >= 15 is 0 Å². The van der Waals surface area contributed by atoms with E-state index in [9.17, 15) is 8.78 Å². The third-order valence-electron chi connectivity index (χ3n) is 3.55. The van der Waals surface area contributed by atoms with Crippen molar-refractivity contribution in [2.24, 2.45) is 5.92 Å². The third kappa shape index (κ3) is 4.05. The SMILES string of the molecule is CCNCC(c1cc(F)cc(F)c1)C(CC)CC. The molecule has 1 nitrogen and oxygen atoms in total. The van der Waals surface area contributed by atoms with Crippen molar-refractivity contribution in [3.05, 3.63) is 35.4 Å². The summed E-state index contributed by atoms with van der Waals surface area (Å²) >= 11 is 0. The monoisotopic (exact) mass is 255 g/mol. The molecule has 0 aliphatic carbocycles. The smallest absolute Gasteiger partial charge is 0.126 e. The summed E-state index contributed by atoms with van der Waals surface area (Å²) in [5.41, 5.74) is 0.766. The van der Waals surface area contributed by atoms with Crippen LogP contribution in [0.25, 0.3) is 0 Å². The minimum Gasteiger partial charge on any atom is -0.316 e. The Morgan fingerprint density at radius 3 is 2.00 bits per heavy atom. The maximum Gasteiger partial charge on any atom is 0.126 e. The lowest BCUT2D eigenvalue weighted by molar-refractivity contribution is 0.380. The average Bonchev–Trinajstić information content (AvgIpc) is 2.33. The predicted octanol–water partition coefficient (Wildman–Crippen LogP) is 4.09. The van der Waals surface area contributed by atoms with Crippen molar-refractivity contribution in [1.29, 1.82) is 0 Å². The van der Waals surface area contributed by atoms with Crippen LogP contribution in [-0.2, 0) is 0 Å². The van der Waals surface area contributed by atoms with Gasteiger partial charge in [-0.2, -0.15) is 0 Å². The van der Waals surface area contributed by atoms with Crippen LogP contribution in [0.4, 0.5) is 8.78 Å². The van der Waals surface area contributed by atoms with Crippen LogP contribution >= 0.6 is 0 Å². The van der Waals surface area contributed by atoms with Gasteiger partial charge in [-0.1, -0.05) is 33.6 Å². The number of hydrogen-bond donors (Lipinski definition) is 1. The van der Waals surface area contributed by atoms with Crippen molar-refractivity contribution in [1.82, 2.24) is 5.32 Å². The van der Waals surface area contributed by atoms with E-state index in [1.807, 2.05) is 6.92 Å². The average molecular weight is 255 g/mol. The Morgan fingerprint density at radius 1 is 1.00 bits per heavy atom. The molecule has 0 radical (unpaired) electrons. The second-order valence-electron chi connectivity index (χ2n) is 4.69. The molecule has 1 unspecified atom stereocenters. The highest BCUT2D eigenvalue weighted by molar-refractivity contribution is 5.23. The molecule has 0 aliphatic rings. The Morgan fingerprint density at radius 2 is 1.56 bits per heavy atom. The molecule has 102 valence electrons. The molecular formula is C15H23F2N. The number of rotatable bonds is 7. The zero-order valence-electron chi connectivity index (χ0n) is 11.5. The summed E-state index contributed by atoms with van der Waals surface area (Å²) in [6.45, 7) is 7.93. The van der Waals surface area contributed by atoms with Gasteiger partial charge in [0, 0.05) is 12.6 Å². The van der Waals surface area contributed by atoms with Gasteiger partial charge in [0.2, 0.25) is 0 Å². The molecule has 0 saturated carbocycles. The number of hydrogen-bond acceptors (Lipinski definition) is 1. The summed E-state index contributed by atoms with van der Waals surface area (Å²) in [5, 5.41) is 3.29. The number of halogens is 2. The first-order valence-electron chi connectivity index (χ1n) is 6.79. The van der Waals surface area contributed by atoms with Gasteiger partial charge in [-0.3, -0.25) is 0 Å². The zero-order chi connectivity index (χ0) is 13.5. The van der Waals surface area contributed by atoms with E-state index in [1.165, 1.54) is 12.1 Å². The second kappa shape index (κ2) is 7.47. The maximum absolute atomic E-state index is 13.3. The van der Waals surface area contributed by atoms with Crippen LogP contribution in [0.15, 0.2) is 18.2 Å². The molecule has 0 heterocycles. The fourth-order valence-corrected chi connectivity index (χ4v) is 2.50. The minimum absolute atomic E-state index is 0.171. The number of benzene rings is 1. The molecule has 0 aromatic heterocycles. The van der Waals surface area contributed by atoms with Crippen LogP contribution in [-0.4, -0.2) is 13.1 Å². The standard InChI is InChI=1S/C15H23F2N/c1-4-11(5-2)15(10-18-6-3)12-7-13(16)9-14(17)8-12/h7-9,11,15,18H,4-6,10H2,1-3H3. The van der Waals surface area contributed by atoms with Crippen LogP contribution in [0.2, 0.25) is 0 Å². The van der Waals surface area contributed by atoms with Crippen molar-refractivity contribution in [2.75, 3.05) is 13.1 Å². The molecule has 1 atom stereocenters. The Hall–Kier alpha value is -0.960. The summed E-state index contributed by atoms with van der Waals surface area (Å²) < 4.78 is 26.6. The lowest BCUT2D eigenvalue weighted by Crippen LogP contribution is -2.26.